The van der Waals surface area contributed by atoms with Gasteiger partial charge in [-0.05, 0) is 54.8 Å². The zero-order chi connectivity index (χ0) is 19.8. The third kappa shape index (κ3) is 3.49. The molecule has 0 fully saturated rings. The summed E-state index contributed by atoms with van der Waals surface area (Å²) in [6.07, 6.45) is 2.30. The summed E-state index contributed by atoms with van der Waals surface area (Å²) < 4.78 is 1.79. The van der Waals surface area contributed by atoms with Crippen molar-refractivity contribution in [1.29, 1.82) is 0 Å². The Bertz CT molecular complexity index is 1100. The third-order valence-corrected chi connectivity index (χ3v) is 5.69. The first-order chi connectivity index (χ1) is 14.2. The van der Waals surface area contributed by atoms with Crippen molar-refractivity contribution >= 4 is 34.2 Å². The molecular weight excluding hydrogens is 366 g/mol. The molecule has 2 aromatic carbocycles. The number of amides is 2. The second-order valence-corrected chi connectivity index (χ2v) is 7.75. The van der Waals surface area contributed by atoms with Crippen LogP contribution < -0.4 is 16.0 Å². The molecule has 3 heterocycles. The summed E-state index contributed by atoms with van der Waals surface area (Å²) in [7, 11) is 0. The molecular formula is C22H23N5O2. The second-order valence-electron chi connectivity index (χ2n) is 7.75. The van der Waals surface area contributed by atoms with Crippen molar-refractivity contribution in [3.63, 3.8) is 0 Å². The molecule has 1 atom stereocenters. The molecule has 3 N–H and O–H groups in total. The molecule has 2 aliphatic heterocycles. The molecule has 7 nitrogen and oxygen atoms in total. The molecule has 0 saturated heterocycles. The number of anilines is 2. The average Bonchev–Trinajstić information content (AvgIpc) is 2.90. The lowest BCUT2D eigenvalue weighted by molar-refractivity contribution is -0.125. The van der Waals surface area contributed by atoms with Gasteiger partial charge in [0.2, 0.25) is 11.8 Å². The SMILES string of the molecule is O=C(CC1Cn2nc3ccccc3c2NC1=O)Nc1ccc2c(c1)CNCCC2. The van der Waals surface area contributed by atoms with E-state index in [-0.39, 0.29) is 18.2 Å². The van der Waals surface area contributed by atoms with E-state index in [9.17, 15) is 9.59 Å². The van der Waals surface area contributed by atoms with Crippen molar-refractivity contribution < 1.29 is 9.59 Å². The van der Waals surface area contributed by atoms with E-state index in [1.165, 1.54) is 11.1 Å². The summed E-state index contributed by atoms with van der Waals surface area (Å²) in [6.45, 7) is 2.23. The number of nitrogens with zero attached hydrogens (tertiary/aromatic N) is 2. The van der Waals surface area contributed by atoms with Crippen LogP contribution in [0.5, 0.6) is 0 Å². The second kappa shape index (κ2) is 7.33. The molecule has 7 heteroatoms. The molecule has 5 rings (SSSR count). The largest absolute Gasteiger partial charge is 0.326 e. The zero-order valence-corrected chi connectivity index (χ0v) is 16.1. The molecule has 0 bridgehead atoms. The van der Waals surface area contributed by atoms with E-state index in [4.69, 9.17) is 0 Å². The first-order valence-electron chi connectivity index (χ1n) is 10.1. The number of rotatable bonds is 3. The first kappa shape index (κ1) is 17.9. The van der Waals surface area contributed by atoms with Crippen molar-refractivity contribution in [3.05, 3.63) is 53.6 Å². The Morgan fingerprint density at radius 3 is 3.03 bits per heavy atom. The Morgan fingerprint density at radius 2 is 2.10 bits per heavy atom. The average molecular weight is 389 g/mol. The van der Waals surface area contributed by atoms with Crippen LogP contribution >= 0.6 is 0 Å². The van der Waals surface area contributed by atoms with E-state index in [0.29, 0.717) is 12.4 Å². The van der Waals surface area contributed by atoms with E-state index in [0.717, 1.165) is 42.5 Å². The predicted octanol–water partition coefficient (Wildman–Crippen LogP) is 2.67. The van der Waals surface area contributed by atoms with Crippen molar-refractivity contribution in [3.8, 4) is 0 Å². The summed E-state index contributed by atoms with van der Waals surface area (Å²) in [4.78, 5) is 25.2. The first-order valence-corrected chi connectivity index (χ1v) is 10.1. The van der Waals surface area contributed by atoms with Crippen LogP contribution in [0.25, 0.3) is 10.9 Å². The fourth-order valence-corrected chi connectivity index (χ4v) is 4.19. The Kier molecular flexibility index (Phi) is 4.52. The third-order valence-electron chi connectivity index (χ3n) is 5.69. The fourth-order valence-electron chi connectivity index (χ4n) is 4.19. The maximum absolute atomic E-state index is 12.6. The summed E-state index contributed by atoms with van der Waals surface area (Å²) >= 11 is 0. The normalized spacial score (nSPS) is 18.5. The maximum atomic E-state index is 12.6. The highest BCUT2D eigenvalue weighted by Gasteiger charge is 2.30. The number of carbonyl (C=O) groups is 2. The van der Waals surface area contributed by atoms with E-state index >= 15 is 0 Å². The smallest absolute Gasteiger partial charge is 0.231 e. The van der Waals surface area contributed by atoms with Crippen molar-refractivity contribution in [1.82, 2.24) is 15.1 Å². The Balaban J connectivity index is 1.28. The maximum Gasteiger partial charge on any atom is 0.231 e. The van der Waals surface area contributed by atoms with Crippen LogP contribution in [0.1, 0.15) is 24.0 Å². The topological polar surface area (TPSA) is 88.0 Å². The minimum absolute atomic E-state index is 0.122. The molecule has 2 aliphatic rings. The van der Waals surface area contributed by atoms with Gasteiger partial charge in [0, 0.05) is 24.0 Å². The molecule has 0 radical (unpaired) electrons. The van der Waals surface area contributed by atoms with Crippen molar-refractivity contribution in [2.45, 2.75) is 32.4 Å². The fraction of sp³-hybridized carbons (Fsp3) is 0.318. The minimum atomic E-state index is -0.445. The number of aryl methyl sites for hydroxylation is 1. The number of hydrogen-bond acceptors (Lipinski definition) is 4. The number of aromatic nitrogens is 2. The van der Waals surface area contributed by atoms with Crippen LogP contribution in [0.4, 0.5) is 11.5 Å². The summed E-state index contributed by atoms with van der Waals surface area (Å²) in [5, 5.41) is 14.7. The van der Waals surface area contributed by atoms with Crippen LogP contribution in [0, 0.1) is 5.92 Å². The number of benzene rings is 2. The molecule has 3 aromatic rings. The Labute approximate surface area is 168 Å². The minimum Gasteiger partial charge on any atom is -0.326 e. The van der Waals surface area contributed by atoms with Gasteiger partial charge in [0.25, 0.3) is 0 Å². The highest BCUT2D eigenvalue weighted by Crippen LogP contribution is 2.29. The highest BCUT2D eigenvalue weighted by atomic mass is 16.2. The predicted molar refractivity (Wildman–Crippen MR) is 112 cm³/mol. The quantitative estimate of drug-likeness (QED) is 0.643. The summed E-state index contributed by atoms with van der Waals surface area (Å²) in [6, 6.07) is 13.8. The molecule has 29 heavy (non-hydrogen) atoms. The standard InChI is InChI=1S/C22H23N5O2/c28-20(24-17-8-7-14-4-3-9-23-12-15(14)10-17)11-16-13-27-21(25-22(16)29)18-5-1-2-6-19(18)26-27/h1-2,5-8,10,16,23H,3-4,9,11-13H2,(H,24,28)(H,25,29). The molecule has 1 unspecified atom stereocenters. The van der Waals surface area contributed by atoms with Crippen molar-refractivity contribution in [2.75, 3.05) is 17.2 Å². The van der Waals surface area contributed by atoms with E-state index in [1.54, 1.807) is 4.68 Å². The van der Waals surface area contributed by atoms with E-state index < -0.39 is 5.92 Å². The molecule has 0 spiro atoms. The van der Waals surface area contributed by atoms with Gasteiger partial charge in [-0.2, -0.15) is 5.10 Å². The van der Waals surface area contributed by atoms with Gasteiger partial charge in [-0.15, -0.1) is 0 Å². The van der Waals surface area contributed by atoms with Crippen LogP contribution in [0.15, 0.2) is 42.5 Å². The number of nitrogens with one attached hydrogen (secondary N) is 3. The lowest BCUT2D eigenvalue weighted by Crippen LogP contribution is -2.36. The van der Waals surface area contributed by atoms with E-state index in [2.05, 4.69) is 27.1 Å². The molecule has 0 aliphatic carbocycles. The van der Waals surface area contributed by atoms with Gasteiger partial charge in [0.15, 0.2) is 0 Å². The monoisotopic (exact) mass is 389 g/mol. The summed E-state index contributed by atoms with van der Waals surface area (Å²) in [5.74, 6) is -0.0314. The van der Waals surface area contributed by atoms with Crippen LogP contribution in [-0.2, 0) is 29.1 Å². The van der Waals surface area contributed by atoms with Gasteiger partial charge in [-0.3, -0.25) is 9.59 Å². The van der Waals surface area contributed by atoms with Gasteiger partial charge < -0.3 is 16.0 Å². The van der Waals surface area contributed by atoms with E-state index in [1.807, 2.05) is 36.4 Å². The molecule has 2 amide bonds. The van der Waals surface area contributed by atoms with Gasteiger partial charge >= 0.3 is 0 Å². The van der Waals surface area contributed by atoms with Crippen LogP contribution in [-0.4, -0.2) is 28.1 Å². The van der Waals surface area contributed by atoms with Gasteiger partial charge in [0.05, 0.1) is 18.0 Å². The van der Waals surface area contributed by atoms with Crippen LogP contribution in [0.2, 0.25) is 0 Å². The van der Waals surface area contributed by atoms with Gasteiger partial charge in [0.1, 0.15) is 5.82 Å². The Morgan fingerprint density at radius 1 is 1.21 bits per heavy atom. The zero-order valence-electron chi connectivity index (χ0n) is 16.1. The van der Waals surface area contributed by atoms with Crippen molar-refractivity contribution in [2.24, 2.45) is 5.92 Å². The lowest BCUT2D eigenvalue weighted by Gasteiger charge is -2.23. The van der Waals surface area contributed by atoms with Gasteiger partial charge in [-0.25, -0.2) is 4.68 Å². The van der Waals surface area contributed by atoms with Crippen LogP contribution in [0.3, 0.4) is 0 Å². The Hall–Kier alpha value is -3.19. The number of carbonyl (C=O) groups excluding carboxylic acids is 2. The van der Waals surface area contributed by atoms with Gasteiger partial charge in [-0.1, -0.05) is 18.2 Å². The molecule has 0 saturated carbocycles. The number of hydrogen-bond donors (Lipinski definition) is 3. The highest BCUT2D eigenvalue weighted by molar-refractivity contribution is 6.04. The molecule has 148 valence electrons. The molecule has 1 aromatic heterocycles. The summed E-state index contributed by atoms with van der Waals surface area (Å²) in [5.41, 5.74) is 4.17. The number of fused-ring (bicyclic) bond motifs is 4. The lowest BCUT2D eigenvalue weighted by atomic mass is 10.0.